The van der Waals surface area contributed by atoms with Crippen LogP contribution >= 0.6 is 11.6 Å². The van der Waals surface area contributed by atoms with E-state index in [0.29, 0.717) is 18.1 Å². The van der Waals surface area contributed by atoms with Crippen LogP contribution in [0.3, 0.4) is 0 Å². The minimum atomic E-state index is -0.103. The predicted molar refractivity (Wildman–Crippen MR) is 104 cm³/mol. The predicted octanol–water partition coefficient (Wildman–Crippen LogP) is 3.71. The molecule has 1 aliphatic heterocycles. The molecule has 2 amide bonds. The van der Waals surface area contributed by atoms with Crippen molar-refractivity contribution >= 4 is 29.0 Å². The van der Waals surface area contributed by atoms with Gasteiger partial charge < -0.3 is 24.6 Å². The van der Waals surface area contributed by atoms with E-state index in [0.717, 1.165) is 36.0 Å². The lowest BCUT2D eigenvalue weighted by atomic mass is 10.2. The Morgan fingerprint density at radius 3 is 2.31 bits per heavy atom. The topological polar surface area (TPSA) is 54.0 Å². The largest absolute Gasteiger partial charge is 0.497 e. The van der Waals surface area contributed by atoms with Gasteiger partial charge in [0.25, 0.3) is 0 Å². The van der Waals surface area contributed by atoms with Crippen molar-refractivity contribution < 1.29 is 14.3 Å². The fourth-order valence-electron chi connectivity index (χ4n) is 2.93. The van der Waals surface area contributed by atoms with Crippen molar-refractivity contribution in [1.82, 2.24) is 4.90 Å². The summed E-state index contributed by atoms with van der Waals surface area (Å²) in [6.45, 7) is 2.73. The zero-order valence-corrected chi connectivity index (χ0v) is 15.6. The maximum Gasteiger partial charge on any atom is 0.321 e. The lowest BCUT2D eigenvalue weighted by molar-refractivity contribution is 0.208. The number of carbonyl (C=O) groups is 1. The number of piperazine rings is 1. The molecule has 1 fully saturated rings. The van der Waals surface area contributed by atoms with Crippen molar-refractivity contribution in [3.05, 3.63) is 47.5 Å². The van der Waals surface area contributed by atoms with Gasteiger partial charge in [0.2, 0.25) is 0 Å². The molecule has 0 spiro atoms. The van der Waals surface area contributed by atoms with Gasteiger partial charge in [-0.2, -0.15) is 0 Å². The second-order valence-electron chi connectivity index (χ2n) is 5.95. The van der Waals surface area contributed by atoms with Crippen molar-refractivity contribution in [3.63, 3.8) is 0 Å². The molecule has 0 saturated carbocycles. The van der Waals surface area contributed by atoms with E-state index >= 15 is 0 Å². The van der Waals surface area contributed by atoms with Crippen LogP contribution < -0.4 is 19.7 Å². The molecule has 26 heavy (non-hydrogen) atoms. The Bertz CT molecular complexity index is 759. The van der Waals surface area contributed by atoms with Crippen molar-refractivity contribution in [2.75, 3.05) is 50.6 Å². The first kappa shape index (κ1) is 18.2. The summed E-state index contributed by atoms with van der Waals surface area (Å²) < 4.78 is 10.7. The molecule has 7 heteroatoms. The summed E-state index contributed by atoms with van der Waals surface area (Å²) in [6.07, 6.45) is 0. The van der Waals surface area contributed by atoms with E-state index in [1.807, 2.05) is 18.2 Å². The lowest BCUT2D eigenvalue weighted by Gasteiger charge is -2.36. The van der Waals surface area contributed by atoms with Gasteiger partial charge in [-0.05, 0) is 36.4 Å². The van der Waals surface area contributed by atoms with Crippen molar-refractivity contribution in [1.29, 1.82) is 0 Å². The van der Waals surface area contributed by atoms with Gasteiger partial charge in [0.05, 0.1) is 19.9 Å². The van der Waals surface area contributed by atoms with E-state index in [9.17, 15) is 4.79 Å². The van der Waals surface area contributed by atoms with Gasteiger partial charge in [-0.1, -0.05) is 11.6 Å². The summed E-state index contributed by atoms with van der Waals surface area (Å²) in [5.74, 6) is 1.52. The number of rotatable bonds is 4. The number of nitrogens with zero attached hydrogens (tertiary/aromatic N) is 2. The SMILES string of the molecule is COc1ccc(N2CCN(C(=O)Nc3ccc(Cl)cc3)CC2)c(OC)c1. The van der Waals surface area contributed by atoms with E-state index in [4.69, 9.17) is 21.1 Å². The number of urea groups is 1. The highest BCUT2D eigenvalue weighted by Crippen LogP contribution is 2.32. The first-order valence-electron chi connectivity index (χ1n) is 8.39. The first-order valence-corrected chi connectivity index (χ1v) is 8.77. The number of amides is 2. The molecule has 1 saturated heterocycles. The van der Waals surface area contributed by atoms with Crippen LogP contribution in [0.5, 0.6) is 11.5 Å². The molecular weight excluding hydrogens is 354 g/mol. The minimum absolute atomic E-state index is 0.103. The highest BCUT2D eigenvalue weighted by molar-refractivity contribution is 6.30. The van der Waals surface area contributed by atoms with Gasteiger partial charge in [-0.15, -0.1) is 0 Å². The van der Waals surface area contributed by atoms with Crippen molar-refractivity contribution in [2.45, 2.75) is 0 Å². The summed E-state index contributed by atoms with van der Waals surface area (Å²) in [4.78, 5) is 16.4. The fraction of sp³-hybridized carbons (Fsp3) is 0.316. The van der Waals surface area contributed by atoms with Gasteiger partial charge in [0, 0.05) is 43.0 Å². The highest BCUT2D eigenvalue weighted by Gasteiger charge is 2.23. The number of ether oxygens (including phenoxy) is 2. The van der Waals surface area contributed by atoms with E-state index in [2.05, 4.69) is 10.2 Å². The zero-order chi connectivity index (χ0) is 18.5. The summed E-state index contributed by atoms with van der Waals surface area (Å²) in [5.41, 5.74) is 1.74. The molecule has 3 rings (SSSR count). The third-order valence-corrected chi connectivity index (χ3v) is 4.64. The molecule has 1 aliphatic rings. The molecule has 6 nitrogen and oxygen atoms in total. The maximum absolute atomic E-state index is 12.4. The Morgan fingerprint density at radius 2 is 1.69 bits per heavy atom. The summed E-state index contributed by atoms with van der Waals surface area (Å²) >= 11 is 5.87. The molecule has 138 valence electrons. The Kier molecular flexibility index (Phi) is 5.73. The van der Waals surface area contributed by atoms with E-state index in [1.54, 1.807) is 43.4 Å². The fourth-order valence-corrected chi connectivity index (χ4v) is 3.06. The smallest absolute Gasteiger partial charge is 0.321 e. The maximum atomic E-state index is 12.4. The number of anilines is 2. The monoisotopic (exact) mass is 375 g/mol. The van der Waals surface area contributed by atoms with Gasteiger partial charge in [0.15, 0.2) is 0 Å². The average Bonchev–Trinajstić information content (AvgIpc) is 2.69. The standard InChI is InChI=1S/C19H22ClN3O3/c1-25-16-7-8-17(18(13-16)26-2)22-9-11-23(12-10-22)19(24)21-15-5-3-14(20)4-6-15/h3-8,13H,9-12H2,1-2H3,(H,21,24). The molecule has 0 radical (unpaired) electrons. The molecule has 0 bridgehead atoms. The average molecular weight is 376 g/mol. The lowest BCUT2D eigenvalue weighted by Crippen LogP contribution is -2.50. The van der Waals surface area contributed by atoms with E-state index < -0.39 is 0 Å². The van der Waals surface area contributed by atoms with Crippen LogP contribution in [0.15, 0.2) is 42.5 Å². The molecule has 0 atom stereocenters. The van der Waals surface area contributed by atoms with Crippen molar-refractivity contribution in [3.8, 4) is 11.5 Å². The van der Waals surface area contributed by atoms with E-state index in [-0.39, 0.29) is 6.03 Å². The second kappa shape index (κ2) is 8.19. The Labute approximate surface area is 158 Å². The molecular formula is C19H22ClN3O3. The Balaban J connectivity index is 1.60. The van der Waals surface area contributed by atoms with Crippen LogP contribution in [0.25, 0.3) is 0 Å². The zero-order valence-electron chi connectivity index (χ0n) is 14.9. The number of halogens is 1. The molecule has 0 unspecified atom stereocenters. The van der Waals surface area contributed by atoms with Crippen molar-refractivity contribution in [2.24, 2.45) is 0 Å². The Morgan fingerprint density at radius 1 is 1.00 bits per heavy atom. The third-order valence-electron chi connectivity index (χ3n) is 4.39. The molecule has 1 N–H and O–H groups in total. The molecule has 2 aromatic carbocycles. The first-order chi connectivity index (χ1) is 12.6. The number of hydrogen-bond acceptors (Lipinski definition) is 4. The van der Waals surface area contributed by atoms with Crippen LogP contribution in [-0.4, -0.2) is 51.3 Å². The van der Waals surface area contributed by atoms with Gasteiger partial charge >= 0.3 is 6.03 Å². The summed E-state index contributed by atoms with van der Waals surface area (Å²) in [7, 11) is 3.28. The van der Waals surface area contributed by atoms with Gasteiger partial charge in [0.1, 0.15) is 11.5 Å². The van der Waals surface area contributed by atoms with Crippen LogP contribution in [0.1, 0.15) is 0 Å². The number of benzene rings is 2. The van der Waals surface area contributed by atoms with Crippen LogP contribution in [0.2, 0.25) is 5.02 Å². The van der Waals surface area contributed by atoms with Crippen LogP contribution in [-0.2, 0) is 0 Å². The molecule has 0 aromatic heterocycles. The quantitative estimate of drug-likeness (QED) is 0.885. The summed E-state index contributed by atoms with van der Waals surface area (Å²) in [6, 6.07) is 12.8. The number of carbonyl (C=O) groups excluding carboxylic acids is 1. The van der Waals surface area contributed by atoms with E-state index in [1.165, 1.54) is 0 Å². The van der Waals surface area contributed by atoms with Crippen LogP contribution in [0.4, 0.5) is 16.2 Å². The molecule has 0 aliphatic carbocycles. The number of methoxy groups -OCH3 is 2. The van der Waals surface area contributed by atoms with Crippen LogP contribution in [0, 0.1) is 0 Å². The Hall–Kier alpha value is -2.60. The normalized spacial score (nSPS) is 14.1. The number of nitrogens with one attached hydrogen (secondary N) is 1. The van der Waals surface area contributed by atoms with Gasteiger partial charge in [-0.25, -0.2) is 4.79 Å². The number of hydrogen-bond donors (Lipinski definition) is 1. The van der Waals surface area contributed by atoms with Gasteiger partial charge in [-0.3, -0.25) is 0 Å². The minimum Gasteiger partial charge on any atom is -0.497 e. The third kappa shape index (κ3) is 4.14. The highest BCUT2D eigenvalue weighted by atomic mass is 35.5. The molecule has 2 aromatic rings. The molecule has 1 heterocycles. The summed E-state index contributed by atoms with van der Waals surface area (Å²) in [5, 5.41) is 3.54. The second-order valence-corrected chi connectivity index (χ2v) is 6.39.